The second kappa shape index (κ2) is 6.57. The Morgan fingerprint density at radius 1 is 1.00 bits per heavy atom. The van der Waals surface area contributed by atoms with Crippen molar-refractivity contribution in [1.82, 2.24) is 4.90 Å². The maximum atomic E-state index is 12.4. The summed E-state index contributed by atoms with van der Waals surface area (Å²) in [5.74, 6) is -0.784. The molecule has 3 fully saturated rings. The fourth-order valence-corrected chi connectivity index (χ4v) is 4.01. The Morgan fingerprint density at radius 2 is 1.59 bits per heavy atom. The lowest BCUT2D eigenvalue weighted by molar-refractivity contribution is -0.160. The molecule has 1 heterocycles. The van der Waals surface area contributed by atoms with E-state index in [0.29, 0.717) is 32.0 Å². The minimum atomic E-state index is -0.799. The summed E-state index contributed by atoms with van der Waals surface area (Å²) in [6, 6.07) is 0. The molecule has 0 bridgehead atoms. The Balaban J connectivity index is 1.44. The number of carbonyl (C=O) groups is 2. The molecule has 0 aromatic carbocycles. The zero-order valence-electron chi connectivity index (χ0n) is 13.3. The highest BCUT2D eigenvalue weighted by Crippen LogP contribution is 2.44. The summed E-state index contributed by atoms with van der Waals surface area (Å²) in [6.07, 6.45) is 9.81. The minimum absolute atomic E-state index is 0.0152. The van der Waals surface area contributed by atoms with Gasteiger partial charge in [-0.2, -0.15) is 0 Å². The Labute approximate surface area is 132 Å². The van der Waals surface area contributed by atoms with Crippen molar-refractivity contribution in [2.75, 3.05) is 13.1 Å². The van der Waals surface area contributed by atoms with Crippen LogP contribution in [0.25, 0.3) is 0 Å². The summed E-state index contributed by atoms with van der Waals surface area (Å²) in [4.78, 5) is 25.6. The van der Waals surface area contributed by atoms with Gasteiger partial charge in [-0.1, -0.05) is 19.3 Å². The predicted octanol–water partition coefficient (Wildman–Crippen LogP) is 2.58. The van der Waals surface area contributed by atoms with Gasteiger partial charge in [-0.05, 0) is 38.5 Å². The van der Waals surface area contributed by atoms with Gasteiger partial charge in [0.25, 0.3) is 0 Å². The standard InChI is InChI=1S/C17H27NO4/c19-15(12-17(16(20)21)8-3-9-17)18-10-6-14(7-11-18)22-13-4-1-2-5-13/h13-14H,1-12H2,(H,20,21). The Morgan fingerprint density at radius 3 is 2.09 bits per heavy atom. The molecule has 22 heavy (non-hydrogen) atoms. The monoisotopic (exact) mass is 309 g/mol. The molecule has 0 aromatic heterocycles. The molecule has 3 rings (SSSR count). The Bertz CT molecular complexity index is 418. The van der Waals surface area contributed by atoms with Crippen molar-refractivity contribution in [1.29, 1.82) is 0 Å². The van der Waals surface area contributed by atoms with E-state index in [2.05, 4.69) is 0 Å². The summed E-state index contributed by atoms with van der Waals surface area (Å²) >= 11 is 0. The Kier molecular flexibility index (Phi) is 4.71. The smallest absolute Gasteiger partial charge is 0.310 e. The number of hydrogen-bond donors (Lipinski definition) is 1. The lowest BCUT2D eigenvalue weighted by Crippen LogP contribution is -2.47. The zero-order chi connectivity index (χ0) is 15.6. The SMILES string of the molecule is O=C(CC1(C(=O)O)CCC1)N1CCC(OC2CCCC2)CC1. The van der Waals surface area contributed by atoms with Crippen LogP contribution in [0.3, 0.4) is 0 Å². The average molecular weight is 309 g/mol. The first kappa shape index (κ1) is 15.8. The van der Waals surface area contributed by atoms with Crippen LogP contribution in [0.2, 0.25) is 0 Å². The minimum Gasteiger partial charge on any atom is -0.481 e. The maximum Gasteiger partial charge on any atom is 0.310 e. The van der Waals surface area contributed by atoms with E-state index in [1.165, 1.54) is 25.7 Å². The largest absolute Gasteiger partial charge is 0.481 e. The van der Waals surface area contributed by atoms with Gasteiger partial charge in [-0.15, -0.1) is 0 Å². The van der Waals surface area contributed by atoms with Crippen LogP contribution < -0.4 is 0 Å². The molecule has 0 aromatic rings. The van der Waals surface area contributed by atoms with Crippen molar-refractivity contribution >= 4 is 11.9 Å². The summed E-state index contributed by atoms with van der Waals surface area (Å²) in [7, 11) is 0. The van der Waals surface area contributed by atoms with Gasteiger partial charge >= 0.3 is 5.97 Å². The number of hydrogen-bond acceptors (Lipinski definition) is 3. The number of piperidine rings is 1. The highest BCUT2D eigenvalue weighted by Gasteiger charge is 2.46. The van der Waals surface area contributed by atoms with E-state index in [0.717, 1.165) is 19.3 Å². The van der Waals surface area contributed by atoms with E-state index in [4.69, 9.17) is 4.74 Å². The van der Waals surface area contributed by atoms with Crippen LogP contribution >= 0.6 is 0 Å². The second-order valence-corrected chi connectivity index (χ2v) is 7.24. The number of carbonyl (C=O) groups excluding carboxylic acids is 1. The molecule has 3 aliphatic rings. The fraction of sp³-hybridized carbons (Fsp3) is 0.882. The molecule has 5 nitrogen and oxygen atoms in total. The third-order valence-electron chi connectivity index (χ3n) is 5.74. The first-order valence-electron chi connectivity index (χ1n) is 8.76. The predicted molar refractivity (Wildman–Crippen MR) is 81.5 cm³/mol. The van der Waals surface area contributed by atoms with Gasteiger partial charge in [0.15, 0.2) is 0 Å². The number of aliphatic carboxylic acids is 1. The third kappa shape index (κ3) is 3.29. The van der Waals surface area contributed by atoms with Crippen molar-refractivity contribution in [2.24, 2.45) is 5.41 Å². The number of likely N-dealkylation sites (tertiary alicyclic amines) is 1. The van der Waals surface area contributed by atoms with Crippen LogP contribution in [0.5, 0.6) is 0 Å². The van der Waals surface area contributed by atoms with Gasteiger partial charge in [0.1, 0.15) is 0 Å². The lowest BCUT2D eigenvalue weighted by atomic mass is 9.66. The Hall–Kier alpha value is -1.10. The quantitative estimate of drug-likeness (QED) is 0.847. The van der Waals surface area contributed by atoms with Crippen molar-refractivity contribution in [3.8, 4) is 0 Å². The summed E-state index contributed by atoms with van der Waals surface area (Å²) in [5.41, 5.74) is -0.770. The highest BCUT2D eigenvalue weighted by atomic mass is 16.5. The summed E-state index contributed by atoms with van der Waals surface area (Å²) in [6.45, 7) is 1.43. The molecule has 2 aliphatic carbocycles. The molecule has 1 saturated heterocycles. The van der Waals surface area contributed by atoms with Crippen LogP contribution in [0.15, 0.2) is 0 Å². The first-order chi connectivity index (χ1) is 10.6. The van der Waals surface area contributed by atoms with Gasteiger partial charge in [-0.25, -0.2) is 0 Å². The molecule has 0 radical (unpaired) electrons. The van der Waals surface area contributed by atoms with E-state index in [-0.39, 0.29) is 18.4 Å². The maximum absolute atomic E-state index is 12.4. The summed E-state index contributed by atoms with van der Waals surface area (Å²) < 4.78 is 6.12. The van der Waals surface area contributed by atoms with Gasteiger partial charge < -0.3 is 14.7 Å². The van der Waals surface area contributed by atoms with E-state index in [1.807, 2.05) is 4.90 Å². The molecule has 1 amide bonds. The number of nitrogens with zero attached hydrogens (tertiary/aromatic N) is 1. The highest BCUT2D eigenvalue weighted by molar-refractivity contribution is 5.85. The molecule has 0 spiro atoms. The van der Waals surface area contributed by atoms with Crippen LogP contribution in [0, 0.1) is 5.41 Å². The van der Waals surface area contributed by atoms with Gasteiger partial charge in [0.2, 0.25) is 5.91 Å². The molecule has 124 valence electrons. The fourth-order valence-electron chi connectivity index (χ4n) is 4.01. The first-order valence-corrected chi connectivity index (χ1v) is 8.76. The number of carboxylic acids is 1. The summed E-state index contributed by atoms with van der Waals surface area (Å²) in [5, 5.41) is 9.34. The van der Waals surface area contributed by atoms with Crippen LogP contribution in [0.1, 0.15) is 64.2 Å². The molecule has 1 N–H and O–H groups in total. The average Bonchev–Trinajstić information content (AvgIpc) is 2.96. The second-order valence-electron chi connectivity index (χ2n) is 7.24. The number of rotatable bonds is 5. The van der Waals surface area contributed by atoms with E-state index < -0.39 is 11.4 Å². The zero-order valence-corrected chi connectivity index (χ0v) is 13.3. The van der Waals surface area contributed by atoms with Crippen molar-refractivity contribution in [3.63, 3.8) is 0 Å². The molecular weight excluding hydrogens is 282 g/mol. The van der Waals surface area contributed by atoms with Gasteiger partial charge in [-0.3, -0.25) is 9.59 Å². The van der Waals surface area contributed by atoms with Gasteiger partial charge in [0.05, 0.1) is 17.6 Å². The third-order valence-corrected chi connectivity index (χ3v) is 5.74. The molecule has 0 unspecified atom stereocenters. The van der Waals surface area contributed by atoms with Gasteiger partial charge in [0, 0.05) is 19.5 Å². The van der Waals surface area contributed by atoms with E-state index >= 15 is 0 Å². The normalized spacial score (nSPS) is 25.9. The molecular formula is C17H27NO4. The topological polar surface area (TPSA) is 66.8 Å². The van der Waals surface area contributed by atoms with Crippen LogP contribution in [-0.2, 0) is 14.3 Å². The van der Waals surface area contributed by atoms with Crippen molar-refractivity contribution in [3.05, 3.63) is 0 Å². The molecule has 0 atom stereocenters. The molecule has 1 aliphatic heterocycles. The number of carboxylic acid groups (broad SMARTS) is 1. The lowest BCUT2D eigenvalue weighted by Gasteiger charge is -2.40. The van der Waals surface area contributed by atoms with Crippen LogP contribution in [-0.4, -0.2) is 47.2 Å². The van der Waals surface area contributed by atoms with E-state index in [9.17, 15) is 14.7 Å². The van der Waals surface area contributed by atoms with E-state index in [1.54, 1.807) is 0 Å². The van der Waals surface area contributed by atoms with Crippen molar-refractivity contribution in [2.45, 2.75) is 76.4 Å². The molecule has 5 heteroatoms. The van der Waals surface area contributed by atoms with Crippen LogP contribution in [0.4, 0.5) is 0 Å². The number of ether oxygens (including phenoxy) is 1. The molecule has 2 saturated carbocycles. The number of amides is 1. The van der Waals surface area contributed by atoms with Crippen molar-refractivity contribution < 1.29 is 19.4 Å².